The number of carbonyl (C=O) groups is 2. The maximum atomic E-state index is 12.9. The second-order valence-electron chi connectivity index (χ2n) is 4.90. The number of rotatable bonds is 6. The smallest absolute Gasteiger partial charge is 0.325 e. The van der Waals surface area contributed by atoms with Gasteiger partial charge < -0.3 is 10.1 Å². The Morgan fingerprint density at radius 1 is 1.04 bits per heavy atom. The summed E-state index contributed by atoms with van der Waals surface area (Å²) in [5.41, 5.74) is 0.475. The molecule has 25 heavy (non-hydrogen) atoms. The molecular weight excluding hydrogens is 351 g/mol. The van der Waals surface area contributed by atoms with Gasteiger partial charge in [0.2, 0.25) is 0 Å². The quantitative estimate of drug-likeness (QED) is 0.755. The molecule has 0 aliphatic heterocycles. The van der Waals surface area contributed by atoms with Crippen molar-refractivity contribution in [3.8, 4) is 0 Å². The molecule has 132 valence electrons. The number of esters is 1. The van der Waals surface area contributed by atoms with Gasteiger partial charge in [-0.2, -0.15) is 0 Å². The molecule has 0 heterocycles. The van der Waals surface area contributed by atoms with Crippen molar-refractivity contribution < 1.29 is 27.1 Å². The number of halogens is 1. The van der Waals surface area contributed by atoms with Crippen LogP contribution in [0.1, 0.15) is 10.4 Å². The zero-order chi connectivity index (χ0) is 18.4. The Morgan fingerprint density at radius 2 is 1.64 bits per heavy atom. The summed E-state index contributed by atoms with van der Waals surface area (Å²) < 4.78 is 44.0. The lowest BCUT2D eigenvalue weighted by molar-refractivity contribution is -0.139. The summed E-state index contributed by atoms with van der Waals surface area (Å²) >= 11 is 0. The summed E-state index contributed by atoms with van der Waals surface area (Å²) in [4.78, 5) is 22.7. The lowest BCUT2D eigenvalue weighted by Gasteiger charge is -2.09. The fourth-order valence-corrected chi connectivity index (χ4v) is 2.90. The summed E-state index contributed by atoms with van der Waals surface area (Å²) in [7, 11) is -2.66. The second kappa shape index (κ2) is 7.75. The molecule has 2 aromatic carbocycles. The van der Waals surface area contributed by atoms with Gasteiger partial charge in [0, 0.05) is 11.3 Å². The van der Waals surface area contributed by atoms with E-state index in [1.807, 2.05) is 0 Å². The standard InChI is InChI=1S/C16H15FN2O5S/c1-24-15(20)10-18-16(21)11-2-6-13(7-3-11)19-25(22,23)14-8-4-12(17)5-9-14/h2-9,19H,10H2,1H3,(H,18,21). The fourth-order valence-electron chi connectivity index (χ4n) is 1.84. The number of hydrogen-bond acceptors (Lipinski definition) is 5. The molecule has 0 aliphatic rings. The topological polar surface area (TPSA) is 102 Å². The van der Waals surface area contributed by atoms with Crippen LogP contribution in [0, 0.1) is 5.82 Å². The molecule has 0 saturated carbocycles. The Bertz CT molecular complexity index is 864. The van der Waals surface area contributed by atoms with Crippen LogP contribution in [0.5, 0.6) is 0 Å². The highest BCUT2D eigenvalue weighted by Crippen LogP contribution is 2.17. The first kappa shape index (κ1) is 18.4. The molecule has 0 spiro atoms. The summed E-state index contributed by atoms with van der Waals surface area (Å²) in [6, 6.07) is 9.97. The van der Waals surface area contributed by atoms with Crippen LogP contribution >= 0.6 is 0 Å². The molecule has 9 heteroatoms. The fraction of sp³-hybridized carbons (Fsp3) is 0.125. The van der Waals surface area contributed by atoms with Crippen molar-refractivity contribution in [3.05, 3.63) is 59.9 Å². The van der Waals surface area contributed by atoms with E-state index in [-0.39, 0.29) is 22.7 Å². The maximum absolute atomic E-state index is 12.9. The number of anilines is 1. The van der Waals surface area contributed by atoms with Crippen molar-refractivity contribution in [2.45, 2.75) is 4.90 Å². The SMILES string of the molecule is COC(=O)CNC(=O)c1ccc(NS(=O)(=O)c2ccc(F)cc2)cc1. The molecule has 0 atom stereocenters. The third kappa shape index (κ3) is 5.01. The lowest BCUT2D eigenvalue weighted by atomic mass is 10.2. The highest BCUT2D eigenvalue weighted by atomic mass is 32.2. The van der Waals surface area contributed by atoms with Crippen LogP contribution < -0.4 is 10.0 Å². The minimum absolute atomic E-state index is 0.0891. The first-order valence-electron chi connectivity index (χ1n) is 7.05. The summed E-state index contributed by atoms with van der Waals surface area (Å²) in [5, 5.41) is 2.36. The third-order valence-electron chi connectivity index (χ3n) is 3.14. The molecule has 0 aliphatic carbocycles. The van der Waals surface area contributed by atoms with E-state index in [1.54, 1.807) is 0 Å². The monoisotopic (exact) mass is 366 g/mol. The molecular formula is C16H15FN2O5S. The third-order valence-corrected chi connectivity index (χ3v) is 4.54. The maximum Gasteiger partial charge on any atom is 0.325 e. The predicted molar refractivity (Wildman–Crippen MR) is 88.0 cm³/mol. The normalized spacial score (nSPS) is 10.8. The number of ether oxygens (including phenoxy) is 1. The summed E-state index contributed by atoms with van der Waals surface area (Å²) in [5.74, 6) is -1.63. The van der Waals surface area contributed by atoms with Gasteiger partial charge in [-0.05, 0) is 48.5 Å². The highest BCUT2D eigenvalue weighted by molar-refractivity contribution is 7.92. The molecule has 0 bridgehead atoms. The Morgan fingerprint density at radius 3 is 2.20 bits per heavy atom. The van der Waals surface area contributed by atoms with Gasteiger partial charge in [-0.3, -0.25) is 14.3 Å². The van der Waals surface area contributed by atoms with Gasteiger partial charge in [0.15, 0.2) is 0 Å². The first-order valence-corrected chi connectivity index (χ1v) is 8.53. The van der Waals surface area contributed by atoms with Crippen molar-refractivity contribution in [3.63, 3.8) is 0 Å². The van der Waals surface area contributed by atoms with Crippen LogP contribution in [-0.2, 0) is 19.6 Å². The number of amides is 1. The second-order valence-corrected chi connectivity index (χ2v) is 6.58. The average molecular weight is 366 g/mol. The predicted octanol–water partition coefficient (Wildman–Crippen LogP) is 1.53. The van der Waals surface area contributed by atoms with Crippen LogP contribution in [0.4, 0.5) is 10.1 Å². The van der Waals surface area contributed by atoms with E-state index in [9.17, 15) is 22.4 Å². The molecule has 0 saturated heterocycles. The number of methoxy groups -OCH3 is 1. The Hall–Kier alpha value is -2.94. The van der Waals surface area contributed by atoms with Crippen LogP contribution in [0.3, 0.4) is 0 Å². The zero-order valence-corrected chi connectivity index (χ0v) is 14.0. The Kier molecular flexibility index (Phi) is 5.71. The van der Waals surface area contributed by atoms with Crippen molar-refractivity contribution in [1.82, 2.24) is 5.32 Å². The number of nitrogens with one attached hydrogen (secondary N) is 2. The van der Waals surface area contributed by atoms with Gasteiger partial charge in [0.25, 0.3) is 15.9 Å². The average Bonchev–Trinajstić information content (AvgIpc) is 2.60. The van der Waals surface area contributed by atoms with Crippen LogP contribution in [0.15, 0.2) is 53.4 Å². The van der Waals surface area contributed by atoms with Crippen molar-refractivity contribution in [2.75, 3.05) is 18.4 Å². The Balaban J connectivity index is 2.05. The number of carbonyl (C=O) groups excluding carboxylic acids is 2. The number of benzene rings is 2. The largest absolute Gasteiger partial charge is 0.468 e. The molecule has 1 amide bonds. The molecule has 0 unspecified atom stereocenters. The minimum atomic E-state index is -3.87. The molecule has 0 radical (unpaired) electrons. The molecule has 2 aromatic rings. The van der Waals surface area contributed by atoms with Gasteiger partial charge >= 0.3 is 5.97 Å². The number of sulfonamides is 1. The van der Waals surface area contributed by atoms with Crippen molar-refractivity contribution in [1.29, 1.82) is 0 Å². The van der Waals surface area contributed by atoms with Gasteiger partial charge in [0.1, 0.15) is 12.4 Å². The molecule has 0 fully saturated rings. The zero-order valence-electron chi connectivity index (χ0n) is 13.2. The molecule has 2 rings (SSSR count). The van der Waals surface area contributed by atoms with E-state index >= 15 is 0 Å². The van der Waals surface area contributed by atoms with Crippen molar-refractivity contribution in [2.24, 2.45) is 0 Å². The van der Waals surface area contributed by atoms with E-state index < -0.39 is 27.7 Å². The summed E-state index contributed by atoms with van der Waals surface area (Å²) in [6.45, 7) is -0.270. The number of hydrogen-bond donors (Lipinski definition) is 2. The van der Waals surface area contributed by atoms with E-state index in [0.717, 1.165) is 24.3 Å². The highest BCUT2D eigenvalue weighted by Gasteiger charge is 2.14. The lowest BCUT2D eigenvalue weighted by Crippen LogP contribution is -2.30. The van der Waals surface area contributed by atoms with Crippen LogP contribution in [0.25, 0.3) is 0 Å². The van der Waals surface area contributed by atoms with Crippen molar-refractivity contribution >= 4 is 27.6 Å². The van der Waals surface area contributed by atoms with Gasteiger partial charge in [-0.25, -0.2) is 12.8 Å². The van der Waals surface area contributed by atoms with Gasteiger partial charge in [-0.1, -0.05) is 0 Å². The van der Waals surface area contributed by atoms with E-state index in [0.29, 0.717) is 0 Å². The Labute approximate surface area is 143 Å². The van der Waals surface area contributed by atoms with Crippen LogP contribution in [0.2, 0.25) is 0 Å². The summed E-state index contributed by atoms with van der Waals surface area (Å²) in [6.07, 6.45) is 0. The van der Waals surface area contributed by atoms with E-state index in [4.69, 9.17) is 0 Å². The van der Waals surface area contributed by atoms with Crippen LogP contribution in [-0.4, -0.2) is 33.9 Å². The first-order chi connectivity index (χ1) is 11.8. The van der Waals surface area contributed by atoms with Gasteiger partial charge in [0.05, 0.1) is 12.0 Å². The van der Waals surface area contributed by atoms with E-state index in [1.165, 1.54) is 31.4 Å². The molecule has 2 N–H and O–H groups in total. The molecule has 7 nitrogen and oxygen atoms in total. The molecule has 0 aromatic heterocycles. The van der Waals surface area contributed by atoms with Gasteiger partial charge in [-0.15, -0.1) is 0 Å². The minimum Gasteiger partial charge on any atom is -0.468 e. The van der Waals surface area contributed by atoms with E-state index in [2.05, 4.69) is 14.8 Å².